The van der Waals surface area contributed by atoms with Crippen molar-refractivity contribution in [1.29, 1.82) is 0 Å². The summed E-state index contributed by atoms with van der Waals surface area (Å²) in [5.41, 5.74) is 1.73. The van der Waals surface area contributed by atoms with Crippen LogP contribution in [-0.4, -0.2) is 28.2 Å². The van der Waals surface area contributed by atoms with E-state index in [1.807, 2.05) is 18.2 Å². The van der Waals surface area contributed by atoms with Crippen LogP contribution in [0.5, 0.6) is 11.5 Å². The quantitative estimate of drug-likeness (QED) is 0.654. The predicted molar refractivity (Wildman–Crippen MR) is 86.7 cm³/mol. The molecule has 24 heavy (non-hydrogen) atoms. The van der Waals surface area contributed by atoms with Crippen molar-refractivity contribution in [2.45, 2.75) is 6.61 Å². The van der Waals surface area contributed by atoms with E-state index in [1.165, 1.54) is 29.5 Å². The molecule has 0 aliphatic heterocycles. The predicted octanol–water partition coefficient (Wildman–Crippen LogP) is 2.89. The summed E-state index contributed by atoms with van der Waals surface area (Å²) in [4.78, 5) is 0. The number of ether oxygens (including phenoxy) is 2. The zero-order valence-corrected chi connectivity index (χ0v) is 13.0. The minimum absolute atomic E-state index is 0.295. The Kier molecular flexibility index (Phi) is 4.81. The molecule has 0 N–H and O–H groups in total. The molecular formula is C17H15FN4O2. The van der Waals surface area contributed by atoms with Crippen LogP contribution in [0.4, 0.5) is 4.39 Å². The lowest BCUT2D eigenvalue weighted by Gasteiger charge is -2.11. The SMILES string of the molecule is COc1ccc(C=Nn2cnnc2)cc1COc1ccc(F)cc1. The maximum absolute atomic E-state index is 12.9. The van der Waals surface area contributed by atoms with Gasteiger partial charge in [0.2, 0.25) is 0 Å². The van der Waals surface area contributed by atoms with Gasteiger partial charge in [0, 0.05) is 5.56 Å². The Labute approximate surface area is 138 Å². The van der Waals surface area contributed by atoms with E-state index in [9.17, 15) is 4.39 Å². The summed E-state index contributed by atoms with van der Waals surface area (Å²) in [6, 6.07) is 11.5. The number of benzene rings is 2. The van der Waals surface area contributed by atoms with Crippen LogP contribution in [-0.2, 0) is 6.61 Å². The van der Waals surface area contributed by atoms with Crippen LogP contribution >= 0.6 is 0 Å². The Hall–Kier alpha value is -3.22. The van der Waals surface area contributed by atoms with Crippen molar-refractivity contribution in [3.8, 4) is 11.5 Å². The molecular weight excluding hydrogens is 311 g/mol. The largest absolute Gasteiger partial charge is 0.496 e. The first-order chi connectivity index (χ1) is 11.7. The molecule has 0 saturated heterocycles. The van der Waals surface area contributed by atoms with E-state index in [0.717, 1.165) is 11.1 Å². The smallest absolute Gasteiger partial charge is 0.141 e. The molecule has 0 saturated carbocycles. The first kappa shape index (κ1) is 15.7. The highest BCUT2D eigenvalue weighted by Crippen LogP contribution is 2.22. The third-order valence-electron chi connectivity index (χ3n) is 3.26. The van der Waals surface area contributed by atoms with Gasteiger partial charge in [-0.15, -0.1) is 10.2 Å². The Morgan fingerprint density at radius 2 is 1.88 bits per heavy atom. The molecule has 0 aliphatic carbocycles. The number of rotatable bonds is 6. The van der Waals surface area contributed by atoms with E-state index in [0.29, 0.717) is 18.1 Å². The number of hydrogen-bond donors (Lipinski definition) is 0. The maximum Gasteiger partial charge on any atom is 0.141 e. The van der Waals surface area contributed by atoms with E-state index < -0.39 is 0 Å². The van der Waals surface area contributed by atoms with Crippen LogP contribution in [0.1, 0.15) is 11.1 Å². The first-order valence-electron chi connectivity index (χ1n) is 7.19. The van der Waals surface area contributed by atoms with Crippen molar-refractivity contribution >= 4 is 6.21 Å². The molecule has 0 radical (unpaired) electrons. The van der Waals surface area contributed by atoms with Crippen LogP contribution in [0.15, 0.2) is 60.2 Å². The minimum atomic E-state index is -0.299. The lowest BCUT2D eigenvalue weighted by molar-refractivity contribution is 0.296. The average molecular weight is 326 g/mol. The topological polar surface area (TPSA) is 61.5 Å². The van der Waals surface area contributed by atoms with E-state index in [2.05, 4.69) is 15.3 Å². The van der Waals surface area contributed by atoms with Gasteiger partial charge in [0.15, 0.2) is 0 Å². The third kappa shape index (κ3) is 3.95. The highest BCUT2D eigenvalue weighted by atomic mass is 19.1. The molecule has 0 spiro atoms. The van der Waals surface area contributed by atoms with Gasteiger partial charge in [-0.1, -0.05) is 0 Å². The van der Waals surface area contributed by atoms with Crippen molar-refractivity contribution in [2.75, 3.05) is 7.11 Å². The second kappa shape index (κ2) is 7.36. The highest BCUT2D eigenvalue weighted by molar-refractivity contribution is 5.80. The standard InChI is InChI=1S/C17H15FN4O2/c1-23-17-7-2-13(9-21-22-11-19-20-12-22)8-14(17)10-24-16-5-3-15(18)4-6-16/h2-9,11-12H,10H2,1H3. The minimum Gasteiger partial charge on any atom is -0.496 e. The normalized spacial score (nSPS) is 10.9. The van der Waals surface area contributed by atoms with Gasteiger partial charge in [0.1, 0.15) is 36.6 Å². The molecule has 1 heterocycles. The lowest BCUT2D eigenvalue weighted by atomic mass is 10.1. The Bertz CT molecular complexity index is 817. The van der Waals surface area contributed by atoms with Crippen molar-refractivity contribution in [3.05, 3.63) is 72.1 Å². The summed E-state index contributed by atoms with van der Waals surface area (Å²) < 4.78 is 25.4. The zero-order chi connectivity index (χ0) is 16.8. The second-order valence-electron chi connectivity index (χ2n) is 4.90. The van der Waals surface area contributed by atoms with Gasteiger partial charge in [-0.05, 0) is 48.0 Å². The van der Waals surface area contributed by atoms with Crippen molar-refractivity contribution in [1.82, 2.24) is 14.9 Å². The van der Waals surface area contributed by atoms with E-state index in [-0.39, 0.29) is 5.82 Å². The van der Waals surface area contributed by atoms with Crippen LogP contribution in [0.2, 0.25) is 0 Å². The first-order valence-corrected chi connectivity index (χ1v) is 7.19. The highest BCUT2D eigenvalue weighted by Gasteiger charge is 2.05. The summed E-state index contributed by atoms with van der Waals surface area (Å²) in [6.07, 6.45) is 4.68. The zero-order valence-electron chi connectivity index (χ0n) is 13.0. The van der Waals surface area contributed by atoms with Gasteiger partial charge >= 0.3 is 0 Å². The molecule has 0 bridgehead atoms. The summed E-state index contributed by atoms with van der Waals surface area (Å²) in [5.74, 6) is 0.993. The third-order valence-corrected chi connectivity index (χ3v) is 3.26. The van der Waals surface area contributed by atoms with Crippen LogP contribution < -0.4 is 9.47 Å². The Morgan fingerprint density at radius 3 is 2.58 bits per heavy atom. The number of halogens is 1. The molecule has 0 aliphatic rings. The molecule has 122 valence electrons. The molecule has 0 unspecified atom stereocenters. The Balaban J connectivity index is 1.75. The molecule has 3 rings (SSSR count). The fraction of sp³-hybridized carbons (Fsp3) is 0.118. The lowest BCUT2D eigenvalue weighted by Crippen LogP contribution is -2.00. The van der Waals surface area contributed by atoms with E-state index >= 15 is 0 Å². The monoisotopic (exact) mass is 326 g/mol. The van der Waals surface area contributed by atoms with Gasteiger partial charge in [-0.2, -0.15) is 5.10 Å². The maximum atomic E-state index is 12.9. The molecule has 1 aromatic heterocycles. The van der Waals surface area contributed by atoms with Gasteiger partial charge in [-0.3, -0.25) is 0 Å². The average Bonchev–Trinajstić information content (AvgIpc) is 3.13. The number of hydrogen-bond acceptors (Lipinski definition) is 5. The molecule has 3 aromatic rings. The summed E-state index contributed by atoms with van der Waals surface area (Å²) in [7, 11) is 1.60. The van der Waals surface area contributed by atoms with Gasteiger partial charge in [0.25, 0.3) is 0 Å². The molecule has 0 amide bonds. The summed E-state index contributed by atoms with van der Waals surface area (Å²) >= 11 is 0. The Morgan fingerprint density at radius 1 is 1.12 bits per heavy atom. The van der Waals surface area contributed by atoms with Gasteiger partial charge < -0.3 is 9.47 Å². The van der Waals surface area contributed by atoms with Crippen molar-refractivity contribution < 1.29 is 13.9 Å². The molecule has 0 atom stereocenters. The number of aromatic nitrogens is 3. The summed E-state index contributed by atoms with van der Waals surface area (Å²) in [6.45, 7) is 0.295. The fourth-order valence-corrected chi connectivity index (χ4v) is 2.07. The van der Waals surface area contributed by atoms with E-state index in [1.54, 1.807) is 25.5 Å². The second-order valence-corrected chi connectivity index (χ2v) is 4.90. The van der Waals surface area contributed by atoms with Crippen molar-refractivity contribution in [2.24, 2.45) is 5.10 Å². The van der Waals surface area contributed by atoms with Crippen LogP contribution in [0.3, 0.4) is 0 Å². The molecule has 7 heteroatoms. The number of methoxy groups -OCH3 is 1. The molecule has 0 fully saturated rings. The van der Waals surface area contributed by atoms with Gasteiger partial charge in [-0.25, -0.2) is 9.07 Å². The van der Waals surface area contributed by atoms with E-state index in [4.69, 9.17) is 9.47 Å². The van der Waals surface area contributed by atoms with Crippen molar-refractivity contribution in [3.63, 3.8) is 0 Å². The van der Waals surface area contributed by atoms with Crippen LogP contribution in [0.25, 0.3) is 0 Å². The molecule has 6 nitrogen and oxygen atoms in total. The summed E-state index contributed by atoms with van der Waals surface area (Å²) in [5, 5.41) is 11.6. The number of nitrogens with zero attached hydrogens (tertiary/aromatic N) is 4. The molecule has 2 aromatic carbocycles. The van der Waals surface area contributed by atoms with Gasteiger partial charge in [0.05, 0.1) is 13.3 Å². The fourth-order valence-electron chi connectivity index (χ4n) is 2.07. The van der Waals surface area contributed by atoms with Crippen LogP contribution in [0, 0.1) is 5.82 Å².